The van der Waals surface area contributed by atoms with Gasteiger partial charge >= 0.3 is 0 Å². The molecule has 0 saturated carbocycles. The Hall–Kier alpha value is -1.55. The van der Waals surface area contributed by atoms with Crippen LogP contribution in [-0.2, 0) is 5.60 Å². The Balaban J connectivity index is 2.15. The Morgan fingerprint density at radius 1 is 1.10 bits per heavy atom. The van der Waals surface area contributed by atoms with Crippen LogP contribution in [-0.4, -0.2) is 16.8 Å². The average Bonchev–Trinajstić information content (AvgIpc) is 2.42. The van der Waals surface area contributed by atoms with E-state index in [-0.39, 0.29) is 13.0 Å². The number of hydrogen-bond acceptors (Lipinski definition) is 3. The lowest BCUT2D eigenvalue weighted by molar-refractivity contribution is 0.0299. The largest absolute Gasteiger partial charge is 0.456 e. The molecule has 0 radical (unpaired) electrons. The van der Waals surface area contributed by atoms with E-state index in [4.69, 9.17) is 21.4 Å². The van der Waals surface area contributed by atoms with Crippen LogP contribution in [0.4, 0.5) is 0 Å². The van der Waals surface area contributed by atoms with Crippen LogP contribution in [0.1, 0.15) is 18.9 Å². The Bertz CT molecular complexity index is 564. The van der Waals surface area contributed by atoms with Crippen LogP contribution in [0.2, 0.25) is 5.02 Å². The van der Waals surface area contributed by atoms with Gasteiger partial charge in [-0.25, -0.2) is 0 Å². The first-order chi connectivity index (χ1) is 9.53. The second-order valence-corrected chi connectivity index (χ2v) is 5.21. The molecule has 0 heterocycles. The predicted molar refractivity (Wildman–Crippen MR) is 79.2 cm³/mol. The van der Waals surface area contributed by atoms with Crippen molar-refractivity contribution < 1.29 is 14.9 Å². The van der Waals surface area contributed by atoms with Gasteiger partial charge in [-0.05, 0) is 36.8 Å². The van der Waals surface area contributed by atoms with Gasteiger partial charge < -0.3 is 14.9 Å². The Morgan fingerprint density at radius 2 is 1.75 bits per heavy atom. The Labute approximate surface area is 123 Å². The van der Waals surface area contributed by atoms with E-state index >= 15 is 0 Å². The smallest absolute Gasteiger partial charge is 0.146 e. The fourth-order valence-electron chi connectivity index (χ4n) is 1.90. The average molecular weight is 293 g/mol. The van der Waals surface area contributed by atoms with Gasteiger partial charge in [-0.15, -0.1) is 0 Å². The normalized spacial score (nSPS) is 13.8. The molecule has 1 atom stereocenters. The zero-order valence-electron chi connectivity index (χ0n) is 11.2. The summed E-state index contributed by atoms with van der Waals surface area (Å²) >= 11 is 6.03. The van der Waals surface area contributed by atoms with Gasteiger partial charge in [0.1, 0.15) is 11.5 Å². The van der Waals surface area contributed by atoms with Crippen LogP contribution in [0, 0.1) is 0 Å². The number of benzene rings is 2. The maximum atomic E-state index is 10.2. The molecule has 0 saturated heterocycles. The fraction of sp³-hybridized carbons (Fsp3) is 0.250. The molecular weight excluding hydrogens is 276 g/mol. The molecule has 0 fully saturated rings. The van der Waals surface area contributed by atoms with Crippen LogP contribution < -0.4 is 4.74 Å². The van der Waals surface area contributed by atoms with Crippen molar-refractivity contribution in [3.05, 3.63) is 59.1 Å². The van der Waals surface area contributed by atoms with E-state index in [0.717, 1.165) is 5.56 Å². The molecule has 20 heavy (non-hydrogen) atoms. The van der Waals surface area contributed by atoms with E-state index in [2.05, 4.69) is 0 Å². The number of para-hydroxylation sites is 1. The third-order valence-electron chi connectivity index (χ3n) is 3.14. The molecule has 2 N–H and O–H groups in total. The highest BCUT2D eigenvalue weighted by atomic mass is 35.5. The van der Waals surface area contributed by atoms with Gasteiger partial charge in [0.05, 0.1) is 10.6 Å². The molecule has 0 spiro atoms. The maximum absolute atomic E-state index is 10.2. The van der Waals surface area contributed by atoms with Crippen molar-refractivity contribution in [3.63, 3.8) is 0 Å². The monoisotopic (exact) mass is 292 g/mol. The minimum atomic E-state index is -1.04. The van der Waals surface area contributed by atoms with E-state index < -0.39 is 5.60 Å². The maximum Gasteiger partial charge on any atom is 0.146 e. The SMILES string of the molecule is CC(O)(CCO)c1ccc(Oc2ccccc2Cl)cc1. The van der Waals surface area contributed by atoms with Crippen molar-refractivity contribution in [2.24, 2.45) is 0 Å². The Kier molecular flexibility index (Phi) is 4.65. The van der Waals surface area contributed by atoms with Gasteiger partial charge in [-0.3, -0.25) is 0 Å². The minimum absolute atomic E-state index is 0.0646. The minimum Gasteiger partial charge on any atom is -0.456 e. The van der Waals surface area contributed by atoms with Crippen molar-refractivity contribution in [1.29, 1.82) is 0 Å². The zero-order chi connectivity index (χ0) is 14.6. The van der Waals surface area contributed by atoms with E-state index in [1.807, 2.05) is 12.1 Å². The second kappa shape index (κ2) is 6.27. The highest BCUT2D eigenvalue weighted by Gasteiger charge is 2.22. The first kappa shape index (κ1) is 14.9. The molecule has 2 aromatic rings. The fourth-order valence-corrected chi connectivity index (χ4v) is 2.07. The van der Waals surface area contributed by atoms with E-state index in [9.17, 15) is 5.11 Å². The van der Waals surface area contributed by atoms with Gasteiger partial charge in [0.25, 0.3) is 0 Å². The van der Waals surface area contributed by atoms with E-state index in [1.54, 1.807) is 43.3 Å². The van der Waals surface area contributed by atoms with Crippen LogP contribution in [0.15, 0.2) is 48.5 Å². The summed E-state index contributed by atoms with van der Waals surface area (Å²) in [6, 6.07) is 14.3. The Morgan fingerprint density at radius 3 is 2.35 bits per heavy atom. The summed E-state index contributed by atoms with van der Waals surface area (Å²) in [5.41, 5.74) is -0.310. The first-order valence-electron chi connectivity index (χ1n) is 6.39. The molecule has 1 unspecified atom stereocenters. The number of aliphatic hydroxyl groups excluding tert-OH is 1. The molecule has 3 nitrogen and oxygen atoms in total. The van der Waals surface area contributed by atoms with Crippen molar-refractivity contribution in [3.8, 4) is 11.5 Å². The zero-order valence-corrected chi connectivity index (χ0v) is 12.0. The molecule has 0 amide bonds. The summed E-state index contributed by atoms with van der Waals surface area (Å²) in [4.78, 5) is 0. The summed E-state index contributed by atoms with van der Waals surface area (Å²) in [6.07, 6.45) is 0.289. The molecular formula is C16H17ClO3. The summed E-state index contributed by atoms with van der Waals surface area (Å²) in [6.45, 7) is 1.61. The number of aliphatic hydroxyl groups is 2. The molecule has 2 aromatic carbocycles. The molecule has 0 aliphatic rings. The summed E-state index contributed by atoms with van der Waals surface area (Å²) in [7, 11) is 0. The summed E-state index contributed by atoms with van der Waals surface area (Å²) < 4.78 is 5.67. The molecule has 0 aromatic heterocycles. The van der Waals surface area contributed by atoms with Crippen molar-refractivity contribution in [2.75, 3.05) is 6.61 Å². The van der Waals surface area contributed by atoms with Crippen molar-refractivity contribution >= 4 is 11.6 Å². The van der Waals surface area contributed by atoms with Gasteiger partial charge in [0.15, 0.2) is 0 Å². The van der Waals surface area contributed by atoms with Crippen molar-refractivity contribution in [1.82, 2.24) is 0 Å². The highest BCUT2D eigenvalue weighted by molar-refractivity contribution is 6.32. The van der Waals surface area contributed by atoms with Gasteiger partial charge in [0.2, 0.25) is 0 Å². The van der Waals surface area contributed by atoms with E-state index in [1.165, 1.54) is 0 Å². The molecule has 0 aliphatic heterocycles. The lowest BCUT2D eigenvalue weighted by atomic mass is 9.93. The summed E-state index contributed by atoms with van der Waals surface area (Å²) in [5.74, 6) is 1.23. The van der Waals surface area contributed by atoms with Crippen LogP contribution >= 0.6 is 11.6 Å². The van der Waals surface area contributed by atoms with Crippen LogP contribution in [0.25, 0.3) is 0 Å². The standard InChI is InChI=1S/C16H17ClO3/c1-16(19,10-11-18)12-6-8-13(9-7-12)20-15-5-3-2-4-14(15)17/h2-9,18-19H,10-11H2,1H3. The van der Waals surface area contributed by atoms with Crippen LogP contribution in [0.3, 0.4) is 0 Å². The summed E-state index contributed by atoms with van der Waals surface area (Å²) in [5, 5.41) is 19.7. The second-order valence-electron chi connectivity index (χ2n) is 4.80. The lowest BCUT2D eigenvalue weighted by Crippen LogP contribution is -2.22. The van der Waals surface area contributed by atoms with Gasteiger partial charge in [-0.1, -0.05) is 35.9 Å². The van der Waals surface area contributed by atoms with Gasteiger partial charge in [0, 0.05) is 13.0 Å². The lowest BCUT2D eigenvalue weighted by Gasteiger charge is -2.23. The van der Waals surface area contributed by atoms with E-state index in [0.29, 0.717) is 16.5 Å². The molecule has 0 aliphatic carbocycles. The number of ether oxygens (including phenoxy) is 1. The number of rotatable bonds is 5. The van der Waals surface area contributed by atoms with Crippen LogP contribution in [0.5, 0.6) is 11.5 Å². The van der Waals surface area contributed by atoms with Crippen molar-refractivity contribution in [2.45, 2.75) is 18.9 Å². The first-order valence-corrected chi connectivity index (χ1v) is 6.77. The molecule has 0 bridgehead atoms. The molecule has 106 valence electrons. The molecule has 4 heteroatoms. The predicted octanol–water partition coefficient (Wildman–Crippen LogP) is 3.72. The van der Waals surface area contributed by atoms with Gasteiger partial charge in [-0.2, -0.15) is 0 Å². The number of halogens is 1. The highest BCUT2D eigenvalue weighted by Crippen LogP contribution is 2.31. The third kappa shape index (κ3) is 3.51. The third-order valence-corrected chi connectivity index (χ3v) is 3.45. The number of hydrogen-bond donors (Lipinski definition) is 2. The topological polar surface area (TPSA) is 49.7 Å². The molecule has 2 rings (SSSR count). The quantitative estimate of drug-likeness (QED) is 0.883.